The van der Waals surface area contributed by atoms with Crippen molar-refractivity contribution >= 4 is 30.1 Å². The fraction of sp³-hybridized carbons (Fsp3) is 0.750. The van der Waals surface area contributed by atoms with Crippen LogP contribution in [0.3, 0.4) is 0 Å². The van der Waals surface area contributed by atoms with Gasteiger partial charge in [-0.3, -0.25) is 0 Å². The SMILES string of the molecule is CC1CCCN(c2ncc(B3OC(C)(C)C(C)(C)O3)c(Cl)n2)C1. The molecule has 23 heavy (non-hydrogen) atoms. The summed E-state index contributed by atoms with van der Waals surface area (Å²) in [4.78, 5) is 11.2. The molecule has 0 spiro atoms. The first kappa shape index (κ1) is 17.0. The molecule has 3 rings (SSSR count). The molecular formula is C16H25BClN3O2. The molecule has 2 aliphatic heterocycles. The van der Waals surface area contributed by atoms with Crippen LogP contribution in [0.5, 0.6) is 0 Å². The minimum Gasteiger partial charge on any atom is -0.399 e. The van der Waals surface area contributed by atoms with Crippen LogP contribution in [0.15, 0.2) is 6.20 Å². The molecular weight excluding hydrogens is 312 g/mol. The van der Waals surface area contributed by atoms with E-state index >= 15 is 0 Å². The minimum atomic E-state index is -0.526. The number of hydrogen-bond acceptors (Lipinski definition) is 5. The van der Waals surface area contributed by atoms with Gasteiger partial charge in [0.1, 0.15) is 5.15 Å². The fourth-order valence-corrected chi connectivity index (χ4v) is 3.23. The Balaban J connectivity index is 1.81. The van der Waals surface area contributed by atoms with Crippen molar-refractivity contribution in [3.8, 4) is 0 Å². The van der Waals surface area contributed by atoms with Gasteiger partial charge >= 0.3 is 7.12 Å². The Morgan fingerprint density at radius 2 is 1.91 bits per heavy atom. The summed E-state index contributed by atoms with van der Waals surface area (Å²) in [5.41, 5.74) is -0.108. The van der Waals surface area contributed by atoms with Gasteiger partial charge in [-0.05, 0) is 46.5 Å². The van der Waals surface area contributed by atoms with E-state index in [0.717, 1.165) is 13.1 Å². The topological polar surface area (TPSA) is 47.5 Å². The van der Waals surface area contributed by atoms with Crippen LogP contribution in [0.25, 0.3) is 0 Å². The summed E-state index contributed by atoms with van der Waals surface area (Å²) >= 11 is 6.41. The van der Waals surface area contributed by atoms with E-state index in [2.05, 4.69) is 21.8 Å². The molecule has 0 amide bonds. The highest BCUT2D eigenvalue weighted by molar-refractivity contribution is 6.65. The molecule has 0 radical (unpaired) electrons. The van der Waals surface area contributed by atoms with Gasteiger partial charge in [-0.1, -0.05) is 18.5 Å². The van der Waals surface area contributed by atoms with Crippen molar-refractivity contribution in [1.29, 1.82) is 0 Å². The Kier molecular flexibility index (Phi) is 4.36. The molecule has 126 valence electrons. The van der Waals surface area contributed by atoms with Crippen LogP contribution in [-0.4, -0.2) is 41.4 Å². The zero-order chi connectivity index (χ0) is 16.8. The minimum absolute atomic E-state index is 0.401. The second-order valence-electron chi connectivity index (χ2n) is 7.70. The van der Waals surface area contributed by atoms with Gasteiger partial charge < -0.3 is 14.2 Å². The van der Waals surface area contributed by atoms with Crippen LogP contribution in [0.1, 0.15) is 47.5 Å². The highest BCUT2D eigenvalue weighted by atomic mass is 35.5. The van der Waals surface area contributed by atoms with Crippen LogP contribution in [0, 0.1) is 5.92 Å². The van der Waals surface area contributed by atoms with Gasteiger partial charge in [0.15, 0.2) is 0 Å². The van der Waals surface area contributed by atoms with Gasteiger partial charge in [-0.2, -0.15) is 0 Å². The van der Waals surface area contributed by atoms with E-state index in [4.69, 9.17) is 20.9 Å². The maximum Gasteiger partial charge on any atom is 0.499 e. The van der Waals surface area contributed by atoms with Gasteiger partial charge in [-0.25, -0.2) is 9.97 Å². The van der Waals surface area contributed by atoms with E-state index in [-0.39, 0.29) is 0 Å². The van der Waals surface area contributed by atoms with E-state index in [1.165, 1.54) is 12.8 Å². The van der Waals surface area contributed by atoms with Gasteiger partial charge in [0.25, 0.3) is 0 Å². The van der Waals surface area contributed by atoms with E-state index in [1.54, 1.807) is 6.20 Å². The van der Waals surface area contributed by atoms with Crippen LogP contribution >= 0.6 is 11.6 Å². The lowest BCUT2D eigenvalue weighted by Crippen LogP contribution is -2.41. The Morgan fingerprint density at radius 3 is 2.48 bits per heavy atom. The molecule has 0 bridgehead atoms. The summed E-state index contributed by atoms with van der Waals surface area (Å²) in [7, 11) is -0.526. The number of aromatic nitrogens is 2. The van der Waals surface area contributed by atoms with Crippen molar-refractivity contribution in [2.45, 2.75) is 58.7 Å². The second kappa shape index (κ2) is 5.90. The highest BCUT2D eigenvalue weighted by Gasteiger charge is 2.52. The molecule has 1 aromatic rings. The summed E-state index contributed by atoms with van der Waals surface area (Å²) in [6.45, 7) is 12.3. The lowest BCUT2D eigenvalue weighted by molar-refractivity contribution is 0.00578. The summed E-state index contributed by atoms with van der Waals surface area (Å²) in [6.07, 6.45) is 4.17. The lowest BCUT2D eigenvalue weighted by Gasteiger charge is -2.32. The molecule has 0 N–H and O–H groups in total. The largest absolute Gasteiger partial charge is 0.499 e. The number of hydrogen-bond donors (Lipinski definition) is 0. The number of anilines is 1. The van der Waals surface area contributed by atoms with Crippen LogP contribution in [0.2, 0.25) is 5.15 Å². The maximum absolute atomic E-state index is 6.41. The highest BCUT2D eigenvalue weighted by Crippen LogP contribution is 2.36. The van der Waals surface area contributed by atoms with Crippen LogP contribution in [-0.2, 0) is 9.31 Å². The maximum atomic E-state index is 6.41. The molecule has 0 aliphatic carbocycles. The molecule has 0 saturated carbocycles. The third-order valence-corrected chi connectivity index (χ3v) is 5.51. The van der Waals surface area contributed by atoms with Gasteiger partial charge in [0.05, 0.1) is 11.2 Å². The van der Waals surface area contributed by atoms with Crippen molar-refractivity contribution < 1.29 is 9.31 Å². The van der Waals surface area contributed by atoms with Gasteiger partial charge in [0.2, 0.25) is 5.95 Å². The molecule has 7 heteroatoms. The Bertz CT molecular complexity index is 581. The standard InChI is InChI=1S/C16H25BClN3O2/c1-11-7-6-8-21(10-11)14-19-9-12(13(18)20-14)17-22-15(2,3)16(4,5)23-17/h9,11H,6-8,10H2,1-5H3. The van der Waals surface area contributed by atoms with Crippen molar-refractivity contribution in [2.24, 2.45) is 5.92 Å². The van der Waals surface area contributed by atoms with E-state index < -0.39 is 18.3 Å². The smallest absolute Gasteiger partial charge is 0.399 e. The zero-order valence-corrected chi connectivity index (χ0v) is 15.4. The summed E-state index contributed by atoms with van der Waals surface area (Å²) in [5.74, 6) is 1.36. The molecule has 0 aromatic carbocycles. The van der Waals surface area contributed by atoms with Gasteiger partial charge in [-0.15, -0.1) is 0 Å². The Labute approximate surface area is 143 Å². The predicted molar refractivity (Wildman–Crippen MR) is 93.4 cm³/mol. The molecule has 2 aliphatic rings. The first-order valence-electron chi connectivity index (χ1n) is 8.32. The lowest BCUT2D eigenvalue weighted by atomic mass is 9.81. The average molecular weight is 338 g/mol. The van der Waals surface area contributed by atoms with Crippen molar-refractivity contribution in [3.63, 3.8) is 0 Å². The average Bonchev–Trinajstić information content (AvgIpc) is 2.67. The predicted octanol–water partition coefficient (Wildman–Crippen LogP) is 2.67. The quantitative estimate of drug-likeness (QED) is 0.613. The Morgan fingerprint density at radius 1 is 1.26 bits per heavy atom. The van der Waals surface area contributed by atoms with Crippen molar-refractivity contribution in [3.05, 3.63) is 11.3 Å². The zero-order valence-electron chi connectivity index (χ0n) is 14.6. The van der Waals surface area contributed by atoms with Crippen molar-refractivity contribution in [1.82, 2.24) is 9.97 Å². The van der Waals surface area contributed by atoms with Crippen LogP contribution in [0.4, 0.5) is 5.95 Å². The number of halogens is 1. The molecule has 3 heterocycles. The number of nitrogens with zero attached hydrogens (tertiary/aromatic N) is 3. The van der Waals surface area contributed by atoms with E-state index in [1.807, 2.05) is 27.7 Å². The third-order valence-electron chi connectivity index (χ3n) is 5.20. The summed E-state index contributed by atoms with van der Waals surface area (Å²) in [5, 5.41) is 0.409. The second-order valence-corrected chi connectivity index (χ2v) is 8.06. The first-order chi connectivity index (χ1) is 10.7. The fourth-order valence-electron chi connectivity index (χ4n) is 3.01. The number of piperidine rings is 1. The molecule has 2 saturated heterocycles. The Hall–Kier alpha value is -0.845. The normalized spacial score (nSPS) is 26.6. The summed E-state index contributed by atoms with van der Waals surface area (Å²) < 4.78 is 12.1. The van der Waals surface area contributed by atoms with Gasteiger partial charge in [0, 0.05) is 24.7 Å². The third kappa shape index (κ3) is 3.21. The molecule has 1 atom stereocenters. The molecule has 1 unspecified atom stereocenters. The van der Waals surface area contributed by atoms with E-state index in [0.29, 0.717) is 22.5 Å². The molecule has 5 nitrogen and oxygen atoms in total. The molecule has 1 aromatic heterocycles. The monoisotopic (exact) mass is 337 g/mol. The van der Waals surface area contributed by atoms with Crippen molar-refractivity contribution in [2.75, 3.05) is 18.0 Å². The first-order valence-corrected chi connectivity index (χ1v) is 8.70. The summed E-state index contributed by atoms with van der Waals surface area (Å²) in [6, 6.07) is 0. The molecule has 2 fully saturated rings. The number of rotatable bonds is 2. The van der Waals surface area contributed by atoms with Crippen LogP contribution < -0.4 is 10.4 Å². The van der Waals surface area contributed by atoms with E-state index in [9.17, 15) is 0 Å².